The fourth-order valence-corrected chi connectivity index (χ4v) is 2.73. The zero-order chi connectivity index (χ0) is 13.5. The molecule has 3 rings (SSSR count). The molecule has 1 aliphatic carbocycles. The van der Waals surface area contributed by atoms with Gasteiger partial charge in [0.15, 0.2) is 0 Å². The van der Waals surface area contributed by atoms with E-state index in [1.54, 1.807) is 0 Å². The molecule has 1 unspecified atom stereocenters. The van der Waals surface area contributed by atoms with Crippen LogP contribution in [0.4, 0.5) is 0 Å². The summed E-state index contributed by atoms with van der Waals surface area (Å²) in [5.41, 5.74) is 5.78. The van der Waals surface area contributed by atoms with Crippen LogP contribution in [0.5, 0.6) is 0 Å². The predicted octanol–water partition coefficient (Wildman–Crippen LogP) is 2.26. The van der Waals surface area contributed by atoms with E-state index in [0.717, 1.165) is 0 Å². The first-order valence-corrected chi connectivity index (χ1v) is 6.93. The van der Waals surface area contributed by atoms with Crippen LogP contribution in [0.25, 0.3) is 6.08 Å². The van der Waals surface area contributed by atoms with Gasteiger partial charge in [0.05, 0.1) is 0 Å². The van der Waals surface area contributed by atoms with Crippen LogP contribution in [-0.2, 0) is 5.41 Å². The van der Waals surface area contributed by atoms with Gasteiger partial charge < -0.3 is 1.43 Å². The quantitative estimate of drug-likeness (QED) is 0.687. The first-order valence-electron chi connectivity index (χ1n) is 6.93. The molecule has 1 heteroatoms. The van der Waals surface area contributed by atoms with Crippen molar-refractivity contribution in [3.63, 3.8) is 0 Å². The van der Waals surface area contributed by atoms with E-state index in [9.17, 15) is 0 Å². The number of hydrogen-bond donors (Lipinski definition) is 0. The third-order valence-corrected chi connectivity index (χ3v) is 3.94. The second kappa shape index (κ2) is 5.64. The van der Waals surface area contributed by atoms with E-state index in [2.05, 4.69) is 81.5 Å². The Labute approximate surface area is 135 Å². The largest absolute Gasteiger partial charge is 1.00 e. The second-order valence-electron chi connectivity index (χ2n) is 6.34. The summed E-state index contributed by atoms with van der Waals surface area (Å²) in [4.78, 5) is 0. The van der Waals surface area contributed by atoms with Crippen molar-refractivity contribution in [3.05, 3.63) is 76.9 Å². The summed E-state index contributed by atoms with van der Waals surface area (Å²) in [6.45, 7) is 6.77. The van der Waals surface area contributed by atoms with E-state index >= 15 is 0 Å². The van der Waals surface area contributed by atoms with Gasteiger partial charge in [0.25, 0.3) is 0 Å². The first kappa shape index (κ1) is 15.2. The van der Waals surface area contributed by atoms with Crippen molar-refractivity contribution < 1.29 is 20.3 Å². The molecule has 98 valence electrons. The number of rotatable bonds is 1. The molecule has 1 atom stereocenters. The summed E-state index contributed by atoms with van der Waals surface area (Å²) < 4.78 is 0. The number of fused-ring (bicyclic) bond motifs is 1. The van der Waals surface area contributed by atoms with Gasteiger partial charge >= 0.3 is 18.9 Å². The van der Waals surface area contributed by atoms with E-state index in [4.69, 9.17) is 0 Å². The Morgan fingerprint density at radius 3 is 2.20 bits per heavy atom. The maximum atomic E-state index is 2.30. The molecule has 0 saturated heterocycles. The van der Waals surface area contributed by atoms with Gasteiger partial charge in [0, 0.05) is 5.92 Å². The predicted molar refractivity (Wildman–Crippen MR) is 83.6 cm³/mol. The van der Waals surface area contributed by atoms with Crippen molar-refractivity contribution in [3.8, 4) is 0 Å². The molecule has 2 aromatic carbocycles. The van der Waals surface area contributed by atoms with Gasteiger partial charge in [-0.2, -0.15) is 0 Å². The molecule has 0 heterocycles. The van der Waals surface area contributed by atoms with Crippen LogP contribution >= 0.6 is 0 Å². The molecule has 0 nitrogen and oxygen atoms in total. The fraction of sp³-hybridized carbons (Fsp3) is 0.263. The average Bonchev–Trinajstić information content (AvgIpc) is 2.82. The molecule has 0 spiro atoms. The van der Waals surface area contributed by atoms with E-state index in [1.165, 1.54) is 22.3 Å². The molecule has 0 saturated carbocycles. The van der Waals surface area contributed by atoms with Crippen molar-refractivity contribution in [2.75, 3.05) is 0 Å². The summed E-state index contributed by atoms with van der Waals surface area (Å²) in [5.74, 6) is 0.421. The van der Waals surface area contributed by atoms with Crippen LogP contribution in [0, 0.1) is 0 Å². The van der Waals surface area contributed by atoms with E-state index < -0.39 is 0 Å². The topological polar surface area (TPSA) is 0 Å². The Kier molecular flexibility index (Phi) is 4.28. The molecule has 0 N–H and O–H groups in total. The maximum Gasteiger partial charge on any atom is 1.00 e. The van der Waals surface area contributed by atoms with Gasteiger partial charge in [0.2, 0.25) is 0 Å². The summed E-state index contributed by atoms with van der Waals surface area (Å²) in [6.07, 6.45) is 4.54. The van der Waals surface area contributed by atoms with Gasteiger partial charge in [0.1, 0.15) is 0 Å². The van der Waals surface area contributed by atoms with Crippen molar-refractivity contribution in [2.24, 2.45) is 0 Å². The van der Waals surface area contributed by atoms with Crippen molar-refractivity contribution >= 4 is 6.08 Å². The molecule has 0 amide bonds. The van der Waals surface area contributed by atoms with Gasteiger partial charge in [-0.25, -0.2) is 0 Å². The molecule has 0 fully saturated rings. The average molecular weight is 256 g/mol. The third kappa shape index (κ3) is 2.78. The van der Waals surface area contributed by atoms with Crippen LogP contribution < -0.4 is 18.9 Å². The standard InChI is InChI=1S/C19H20.Li.H/c1-19(2,3)16-11-8-15(9-12-16)18-13-10-14-6-4-5-7-17(14)18;;/h4-13,18H,1-3H3;;/q;+1;-1. The first-order chi connectivity index (χ1) is 9.05. The summed E-state index contributed by atoms with van der Waals surface area (Å²) in [7, 11) is 0. The van der Waals surface area contributed by atoms with Crippen LogP contribution in [0.2, 0.25) is 0 Å². The van der Waals surface area contributed by atoms with Gasteiger partial charge in [-0.3, -0.25) is 0 Å². The zero-order valence-electron chi connectivity index (χ0n) is 13.9. The second-order valence-corrected chi connectivity index (χ2v) is 6.34. The Bertz CT molecular complexity index is 621. The molecular weight excluding hydrogens is 235 g/mol. The Hall–Kier alpha value is -1.22. The molecule has 0 aliphatic heterocycles. The zero-order valence-corrected chi connectivity index (χ0v) is 12.9. The number of allylic oxidation sites excluding steroid dienone is 1. The Morgan fingerprint density at radius 2 is 1.55 bits per heavy atom. The minimum absolute atomic E-state index is 0. The van der Waals surface area contributed by atoms with Crippen LogP contribution in [-0.4, -0.2) is 0 Å². The summed E-state index contributed by atoms with van der Waals surface area (Å²) in [5, 5.41) is 0. The van der Waals surface area contributed by atoms with Gasteiger partial charge in [-0.1, -0.05) is 81.5 Å². The SMILES string of the molecule is CC(C)(C)c1ccc(C2C=Cc3ccccc32)cc1.[H-].[Li+]. The van der Waals surface area contributed by atoms with E-state index in [0.29, 0.717) is 5.92 Å². The maximum absolute atomic E-state index is 2.30. The normalized spacial score (nSPS) is 16.6. The molecule has 1 aliphatic rings. The van der Waals surface area contributed by atoms with Crippen LogP contribution in [0.3, 0.4) is 0 Å². The summed E-state index contributed by atoms with van der Waals surface area (Å²) in [6, 6.07) is 17.7. The molecular formula is C19H21Li. The Morgan fingerprint density at radius 1 is 0.900 bits per heavy atom. The smallest absolute Gasteiger partial charge is 1.00 e. The molecule has 0 radical (unpaired) electrons. The Balaban J connectivity index is 0.00000110. The minimum atomic E-state index is 0. The van der Waals surface area contributed by atoms with Crippen molar-refractivity contribution in [1.29, 1.82) is 0 Å². The van der Waals surface area contributed by atoms with Gasteiger partial charge in [-0.05, 0) is 27.7 Å². The van der Waals surface area contributed by atoms with Crippen LogP contribution in [0.1, 0.15) is 50.4 Å². The summed E-state index contributed by atoms with van der Waals surface area (Å²) >= 11 is 0. The van der Waals surface area contributed by atoms with Crippen LogP contribution in [0.15, 0.2) is 54.6 Å². The number of hydrogen-bond acceptors (Lipinski definition) is 0. The van der Waals surface area contributed by atoms with Gasteiger partial charge in [-0.15, -0.1) is 0 Å². The fourth-order valence-electron chi connectivity index (χ4n) is 2.73. The minimum Gasteiger partial charge on any atom is -1.00 e. The van der Waals surface area contributed by atoms with E-state index in [-0.39, 0.29) is 25.7 Å². The molecule has 2 aromatic rings. The molecule has 0 aromatic heterocycles. The van der Waals surface area contributed by atoms with Crippen molar-refractivity contribution in [1.82, 2.24) is 0 Å². The van der Waals surface area contributed by atoms with E-state index in [1.807, 2.05) is 0 Å². The third-order valence-electron chi connectivity index (χ3n) is 3.94. The van der Waals surface area contributed by atoms with Crippen molar-refractivity contribution in [2.45, 2.75) is 32.1 Å². The monoisotopic (exact) mass is 256 g/mol. The molecule has 0 bridgehead atoms. The molecule has 20 heavy (non-hydrogen) atoms. The number of benzene rings is 2.